The number of aryl methyl sites for hydroxylation is 1. The number of rotatable bonds is 7. The minimum Gasteiger partial charge on any atom is -0.494 e. The van der Waals surface area contributed by atoms with Gasteiger partial charge in [-0.3, -0.25) is 4.79 Å². The lowest BCUT2D eigenvalue weighted by Crippen LogP contribution is -2.26. The van der Waals surface area contributed by atoms with Crippen LogP contribution < -0.4 is 4.74 Å². The fraction of sp³-hybridized carbons (Fsp3) is 0.316. The molecule has 0 heterocycles. The number of benzene rings is 2. The Kier molecular flexibility index (Phi) is 5.98. The maximum atomic E-state index is 12.8. The number of carbonyl (C=O) groups excluding carboxylic acids is 1. The quantitative estimate of drug-likeness (QED) is 0.709. The molecule has 0 unspecified atom stereocenters. The van der Waals surface area contributed by atoms with E-state index >= 15 is 0 Å². The summed E-state index contributed by atoms with van der Waals surface area (Å²) in [6.45, 7) is 5.82. The third-order valence-electron chi connectivity index (χ3n) is 3.89. The lowest BCUT2D eigenvalue weighted by molar-refractivity contribution is 0.101. The standard InChI is InChI=1S/C19H23NO4S/c1-5-24-19-11-8-16(15(3)21)12-17(19)13-20(4)25(22,23)18-9-6-14(2)7-10-18/h6-12H,5,13H2,1-4H3. The highest BCUT2D eigenvalue weighted by molar-refractivity contribution is 7.89. The average molecular weight is 361 g/mol. The van der Waals surface area contributed by atoms with Gasteiger partial charge in [0.15, 0.2) is 5.78 Å². The fourth-order valence-corrected chi connectivity index (χ4v) is 3.58. The average Bonchev–Trinajstić information content (AvgIpc) is 2.56. The zero-order chi connectivity index (χ0) is 18.6. The van der Waals surface area contributed by atoms with Crippen molar-refractivity contribution >= 4 is 15.8 Å². The van der Waals surface area contributed by atoms with Gasteiger partial charge in [-0.25, -0.2) is 8.42 Å². The summed E-state index contributed by atoms with van der Waals surface area (Å²) in [6, 6.07) is 11.8. The van der Waals surface area contributed by atoms with Crippen LogP contribution in [0.25, 0.3) is 0 Å². The van der Waals surface area contributed by atoms with Crippen molar-refractivity contribution in [2.24, 2.45) is 0 Å². The molecule has 0 atom stereocenters. The summed E-state index contributed by atoms with van der Waals surface area (Å²) in [5, 5.41) is 0. The van der Waals surface area contributed by atoms with E-state index in [9.17, 15) is 13.2 Å². The molecule has 0 saturated heterocycles. The van der Waals surface area contributed by atoms with E-state index < -0.39 is 10.0 Å². The lowest BCUT2D eigenvalue weighted by Gasteiger charge is -2.19. The summed E-state index contributed by atoms with van der Waals surface area (Å²) >= 11 is 0. The molecule has 0 spiro atoms. The maximum Gasteiger partial charge on any atom is 0.243 e. The van der Waals surface area contributed by atoms with Gasteiger partial charge in [-0.05, 0) is 51.1 Å². The van der Waals surface area contributed by atoms with Crippen LogP contribution in [0, 0.1) is 6.92 Å². The molecule has 0 N–H and O–H groups in total. The first-order chi connectivity index (χ1) is 11.8. The van der Waals surface area contributed by atoms with Crippen LogP contribution in [0.4, 0.5) is 0 Å². The highest BCUT2D eigenvalue weighted by atomic mass is 32.2. The van der Waals surface area contributed by atoms with E-state index in [-0.39, 0.29) is 17.2 Å². The molecule has 0 aliphatic rings. The van der Waals surface area contributed by atoms with Crippen molar-refractivity contribution in [3.05, 3.63) is 59.2 Å². The minimum absolute atomic E-state index is 0.0756. The summed E-state index contributed by atoms with van der Waals surface area (Å²) in [5.74, 6) is 0.506. The van der Waals surface area contributed by atoms with Gasteiger partial charge in [0.1, 0.15) is 5.75 Å². The Hall–Kier alpha value is -2.18. The van der Waals surface area contributed by atoms with Crippen molar-refractivity contribution in [3.8, 4) is 5.75 Å². The molecular formula is C19H23NO4S. The Labute approximate surface area is 149 Å². The van der Waals surface area contributed by atoms with Gasteiger partial charge >= 0.3 is 0 Å². The van der Waals surface area contributed by atoms with E-state index in [1.807, 2.05) is 13.8 Å². The smallest absolute Gasteiger partial charge is 0.243 e. The summed E-state index contributed by atoms with van der Waals surface area (Å²) in [7, 11) is -2.11. The van der Waals surface area contributed by atoms with E-state index in [0.29, 0.717) is 23.5 Å². The number of hydrogen-bond acceptors (Lipinski definition) is 4. The molecule has 2 rings (SSSR count). The number of ether oxygens (including phenoxy) is 1. The highest BCUT2D eigenvalue weighted by Gasteiger charge is 2.22. The topological polar surface area (TPSA) is 63.7 Å². The van der Waals surface area contributed by atoms with Gasteiger partial charge in [0.2, 0.25) is 10.0 Å². The number of carbonyl (C=O) groups is 1. The minimum atomic E-state index is -3.63. The lowest BCUT2D eigenvalue weighted by atomic mass is 10.1. The van der Waals surface area contributed by atoms with Crippen LogP contribution >= 0.6 is 0 Å². The maximum absolute atomic E-state index is 12.8. The second-order valence-electron chi connectivity index (χ2n) is 5.89. The van der Waals surface area contributed by atoms with Gasteiger partial charge in [0.25, 0.3) is 0 Å². The Morgan fingerprint density at radius 2 is 1.76 bits per heavy atom. The van der Waals surface area contributed by atoms with Crippen LogP contribution in [-0.4, -0.2) is 32.2 Å². The zero-order valence-electron chi connectivity index (χ0n) is 14.9. The predicted octanol–water partition coefficient (Wildman–Crippen LogP) is 3.42. The molecule has 0 fully saturated rings. The van der Waals surface area contributed by atoms with Crippen molar-refractivity contribution < 1.29 is 17.9 Å². The second kappa shape index (κ2) is 7.80. The van der Waals surface area contributed by atoms with Crippen molar-refractivity contribution in [2.75, 3.05) is 13.7 Å². The van der Waals surface area contributed by atoms with E-state index in [2.05, 4.69) is 0 Å². The number of hydrogen-bond donors (Lipinski definition) is 0. The molecule has 0 amide bonds. The Morgan fingerprint density at radius 1 is 1.12 bits per heavy atom. The molecule has 25 heavy (non-hydrogen) atoms. The van der Waals surface area contributed by atoms with Gasteiger partial charge in [-0.1, -0.05) is 17.7 Å². The third kappa shape index (κ3) is 4.46. The molecule has 5 nitrogen and oxygen atoms in total. The fourth-order valence-electron chi connectivity index (χ4n) is 2.43. The first-order valence-electron chi connectivity index (χ1n) is 8.05. The first-order valence-corrected chi connectivity index (χ1v) is 9.49. The molecule has 134 valence electrons. The van der Waals surface area contributed by atoms with Crippen LogP contribution in [0.5, 0.6) is 5.75 Å². The van der Waals surface area contributed by atoms with Gasteiger partial charge < -0.3 is 4.74 Å². The molecule has 2 aromatic carbocycles. The monoisotopic (exact) mass is 361 g/mol. The van der Waals surface area contributed by atoms with Crippen LogP contribution in [0.1, 0.15) is 35.3 Å². The van der Waals surface area contributed by atoms with Crippen LogP contribution in [0.15, 0.2) is 47.4 Å². The molecule has 2 aromatic rings. The number of ketones is 1. The van der Waals surface area contributed by atoms with Crippen LogP contribution in [0.2, 0.25) is 0 Å². The van der Waals surface area contributed by atoms with Crippen LogP contribution in [0.3, 0.4) is 0 Å². The largest absolute Gasteiger partial charge is 0.494 e. The van der Waals surface area contributed by atoms with Gasteiger partial charge in [-0.2, -0.15) is 4.31 Å². The van der Waals surface area contributed by atoms with Crippen molar-refractivity contribution in [2.45, 2.75) is 32.2 Å². The summed E-state index contributed by atoms with van der Waals surface area (Å²) < 4.78 is 32.3. The number of nitrogens with zero attached hydrogens (tertiary/aromatic N) is 1. The molecule has 0 radical (unpaired) electrons. The van der Waals surface area contributed by atoms with E-state index in [1.54, 1.807) is 42.5 Å². The molecule has 0 aliphatic carbocycles. The summed E-state index contributed by atoms with van der Waals surface area (Å²) in [6.07, 6.45) is 0. The van der Waals surface area contributed by atoms with Gasteiger partial charge in [0.05, 0.1) is 11.5 Å². The van der Waals surface area contributed by atoms with Crippen molar-refractivity contribution in [1.29, 1.82) is 0 Å². The summed E-state index contributed by atoms with van der Waals surface area (Å²) in [4.78, 5) is 11.9. The predicted molar refractivity (Wildman–Crippen MR) is 97.4 cm³/mol. The normalized spacial score (nSPS) is 11.6. The highest BCUT2D eigenvalue weighted by Crippen LogP contribution is 2.25. The molecule has 0 aliphatic heterocycles. The van der Waals surface area contributed by atoms with E-state index in [4.69, 9.17) is 4.74 Å². The van der Waals surface area contributed by atoms with E-state index in [0.717, 1.165) is 5.56 Å². The Balaban J connectivity index is 2.35. The Bertz CT molecular complexity index is 857. The molecule has 0 saturated carbocycles. The summed E-state index contributed by atoms with van der Waals surface area (Å²) in [5.41, 5.74) is 2.18. The molecular weight excluding hydrogens is 338 g/mol. The van der Waals surface area contributed by atoms with Crippen molar-refractivity contribution in [3.63, 3.8) is 0 Å². The van der Waals surface area contributed by atoms with E-state index in [1.165, 1.54) is 18.3 Å². The zero-order valence-corrected chi connectivity index (χ0v) is 15.8. The van der Waals surface area contributed by atoms with Gasteiger partial charge in [-0.15, -0.1) is 0 Å². The molecule has 0 bridgehead atoms. The third-order valence-corrected chi connectivity index (χ3v) is 5.71. The molecule has 6 heteroatoms. The van der Waals surface area contributed by atoms with Crippen LogP contribution in [-0.2, 0) is 16.6 Å². The molecule has 0 aromatic heterocycles. The Morgan fingerprint density at radius 3 is 2.32 bits per heavy atom. The van der Waals surface area contributed by atoms with Gasteiger partial charge in [0, 0.05) is 24.7 Å². The second-order valence-corrected chi connectivity index (χ2v) is 7.93. The number of sulfonamides is 1. The SMILES string of the molecule is CCOc1ccc(C(C)=O)cc1CN(C)S(=O)(=O)c1ccc(C)cc1. The first kappa shape index (κ1) is 19.1. The van der Waals surface area contributed by atoms with Crippen molar-refractivity contribution in [1.82, 2.24) is 4.31 Å². The number of Topliss-reactive ketones (excluding diaryl/α,β-unsaturated/α-hetero) is 1.